The van der Waals surface area contributed by atoms with Gasteiger partial charge in [-0.2, -0.15) is 0 Å². The van der Waals surface area contributed by atoms with Crippen LogP contribution in [0.1, 0.15) is 36.2 Å². The van der Waals surface area contributed by atoms with Crippen LogP contribution in [0.25, 0.3) is 0 Å². The summed E-state index contributed by atoms with van der Waals surface area (Å²) in [4.78, 5) is 27.9. The van der Waals surface area contributed by atoms with Crippen LogP contribution in [-0.2, 0) is 16.0 Å². The van der Waals surface area contributed by atoms with Gasteiger partial charge in [-0.25, -0.2) is 0 Å². The van der Waals surface area contributed by atoms with Gasteiger partial charge < -0.3 is 10.6 Å². The van der Waals surface area contributed by atoms with E-state index in [2.05, 4.69) is 33.0 Å². The van der Waals surface area contributed by atoms with Crippen molar-refractivity contribution in [3.8, 4) is 0 Å². The van der Waals surface area contributed by atoms with Crippen molar-refractivity contribution < 1.29 is 9.59 Å². The number of nitrogens with zero attached hydrogens (tertiary/aromatic N) is 1. The highest BCUT2D eigenvalue weighted by Gasteiger charge is 2.28. The Morgan fingerprint density at radius 2 is 2.04 bits per heavy atom. The average Bonchev–Trinajstić information content (AvgIpc) is 3.32. The Hall–Kier alpha value is -2.18. The predicted molar refractivity (Wildman–Crippen MR) is 105 cm³/mol. The van der Waals surface area contributed by atoms with E-state index in [9.17, 15) is 9.59 Å². The Labute approximate surface area is 158 Å². The summed E-state index contributed by atoms with van der Waals surface area (Å²) in [6.07, 6.45) is 3.04. The zero-order valence-corrected chi connectivity index (χ0v) is 15.8. The van der Waals surface area contributed by atoms with Gasteiger partial charge >= 0.3 is 0 Å². The molecule has 1 fully saturated rings. The largest absolute Gasteiger partial charge is 0.346 e. The minimum atomic E-state index is -0.199. The quantitative estimate of drug-likeness (QED) is 0.786. The van der Waals surface area contributed by atoms with Gasteiger partial charge in [-0.05, 0) is 48.9 Å². The minimum Gasteiger partial charge on any atom is -0.346 e. The van der Waals surface area contributed by atoms with Gasteiger partial charge in [-0.15, -0.1) is 11.3 Å². The van der Waals surface area contributed by atoms with Gasteiger partial charge in [0.15, 0.2) is 0 Å². The molecule has 1 aromatic heterocycles. The monoisotopic (exact) mass is 371 g/mol. The summed E-state index contributed by atoms with van der Waals surface area (Å²) in [6, 6.07) is 12.2. The van der Waals surface area contributed by atoms with E-state index >= 15 is 0 Å². The normalized spacial score (nSPS) is 17.2. The van der Waals surface area contributed by atoms with Crippen molar-refractivity contribution >= 4 is 28.8 Å². The highest BCUT2D eigenvalue weighted by Crippen LogP contribution is 2.33. The van der Waals surface area contributed by atoms with Crippen LogP contribution in [0, 0.1) is 0 Å². The lowest BCUT2D eigenvalue weighted by molar-refractivity contribution is -0.125. The van der Waals surface area contributed by atoms with Gasteiger partial charge in [0.2, 0.25) is 11.8 Å². The molecule has 0 aliphatic carbocycles. The molecule has 1 atom stereocenters. The van der Waals surface area contributed by atoms with Crippen molar-refractivity contribution in [2.75, 3.05) is 25.0 Å². The Morgan fingerprint density at radius 3 is 2.81 bits per heavy atom. The molecule has 1 saturated heterocycles. The standard InChI is InChI=1S/C20H25N3O2S/c1-2-15-7-3-4-8-16(15)22-19(24)13-21-20(25)14-23-11-5-9-17(23)18-10-6-12-26-18/h3-4,6-8,10,12,17H,2,5,9,11,13-14H2,1H3,(H,21,25)(H,22,24)/t17-/m1/s1. The fraction of sp³-hybridized carbons (Fsp3) is 0.400. The third-order valence-electron chi connectivity index (χ3n) is 4.70. The fourth-order valence-corrected chi connectivity index (χ4v) is 4.28. The fourth-order valence-electron chi connectivity index (χ4n) is 3.38. The van der Waals surface area contributed by atoms with Crippen LogP contribution in [-0.4, -0.2) is 36.3 Å². The van der Waals surface area contributed by atoms with Gasteiger partial charge in [-0.1, -0.05) is 31.2 Å². The maximum atomic E-state index is 12.3. The maximum absolute atomic E-state index is 12.3. The summed E-state index contributed by atoms with van der Waals surface area (Å²) in [5.74, 6) is -0.303. The molecule has 2 aromatic rings. The number of carbonyl (C=O) groups is 2. The molecule has 1 aliphatic heterocycles. The number of carbonyl (C=O) groups excluding carboxylic acids is 2. The van der Waals surface area contributed by atoms with E-state index < -0.39 is 0 Å². The number of para-hydroxylation sites is 1. The van der Waals surface area contributed by atoms with E-state index in [0.717, 1.165) is 37.1 Å². The molecule has 0 spiro atoms. The van der Waals surface area contributed by atoms with Gasteiger partial charge in [0.25, 0.3) is 0 Å². The van der Waals surface area contributed by atoms with Crippen LogP contribution in [0.15, 0.2) is 41.8 Å². The zero-order valence-electron chi connectivity index (χ0n) is 15.0. The van der Waals surface area contributed by atoms with E-state index in [4.69, 9.17) is 0 Å². The molecule has 26 heavy (non-hydrogen) atoms. The summed E-state index contributed by atoms with van der Waals surface area (Å²) < 4.78 is 0. The molecule has 2 heterocycles. The van der Waals surface area contributed by atoms with Crippen LogP contribution in [0.5, 0.6) is 0 Å². The molecule has 0 saturated carbocycles. The van der Waals surface area contributed by atoms with Crippen LogP contribution in [0.2, 0.25) is 0 Å². The van der Waals surface area contributed by atoms with Crippen LogP contribution in [0.4, 0.5) is 5.69 Å². The van der Waals surface area contributed by atoms with Crippen molar-refractivity contribution in [3.05, 3.63) is 52.2 Å². The van der Waals surface area contributed by atoms with Gasteiger partial charge in [0.05, 0.1) is 13.1 Å². The molecule has 138 valence electrons. The summed E-state index contributed by atoms with van der Waals surface area (Å²) in [5.41, 5.74) is 1.90. The molecule has 0 unspecified atom stereocenters. The average molecular weight is 372 g/mol. The number of thiophene rings is 1. The molecule has 6 heteroatoms. The molecule has 0 bridgehead atoms. The number of hydrogen-bond donors (Lipinski definition) is 2. The Bertz CT molecular complexity index is 745. The number of aryl methyl sites for hydroxylation is 1. The summed E-state index contributed by atoms with van der Waals surface area (Å²) in [5, 5.41) is 7.69. The van der Waals surface area contributed by atoms with Crippen molar-refractivity contribution in [2.45, 2.75) is 32.2 Å². The molecule has 1 aliphatic rings. The van der Waals surface area contributed by atoms with E-state index in [1.54, 1.807) is 11.3 Å². The van der Waals surface area contributed by atoms with Crippen molar-refractivity contribution in [1.82, 2.24) is 10.2 Å². The van der Waals surface area contributed by atoms with Crippen LogP contribution < -0.4 is 10.6 Å². The lowest BCUT2D eigenvalue weighted by Crippen LogP contribution is -2.40. The van der Waals surface area contributed by atoms with E-state index in [1.807, 2.05) is 31.2 Å². The molecule has 1 aromatic carbocycles. The first kappa shape index (κ1) is 18.6. The first-order valence-corrected chi connectivity index (χ1v) is 9.97. The second-order valence-corrected chi connectivity index (χ2v) is 7.46. The number of anilines is 1. The topological polar surface area (TPSA) is 61.4 Å². The second-order valence-electron chi connectivity index (χ2n) is 6.48. The van der Waals surface area contributed by atoms with Crippen molar-refractivity contribution in [3.63, 3.8) is 0 Å². The number of benzene rings is 1. The van der Waals surface area contributed by atoms with E-state index in [-0.39, 0.29) is 18.4 Å². The number of rotatable bonds is 7. The lowest BCUT2D eigenvalue weighted by atomic mass is 10.1. The molecule has 5 nitrogen and oxygen atoms in total. The Balaban J connectivity index is 1.47. The number of nitrogens with one attached hydrogen (secondary N) is 2. The molecule has 0 radical (unpaired) electrons. The second kappa shape index (κ2) is 8.96. The number of hydrogen-bond acceptors (Lipinski definition) is 4. The number of amides is 2. The molecule has 2 amide bonds. The smallest absolute Gasteiger partial charge is 0.243 e. The van der Waals surface area contributed by atoms with Gasteiger partial charge in [0, 0.05) is 16.6 Å². The highest BCUT2D eigenvalue weighted by atomic mass is 32.1. The Kier molecular flexibility index (Phi) is 6.41. The first-order chi connectivity index (χ1) is 12.7. The maximum Gasteiger partial charge on any atom is 0.243 e. The number of likely N-dealkylation sites (tertiary alicyclic amines) is 1. The highest BCUT2D eigenvalue weighted by molar-refractivity contribution is 7.10. The predicted octanol–water partition coefficient (Wildman–Crippen LogP) is 3.20. The van der Waals surface area contributed by atoms with E-state index in [1.165, 1.54) is 4.88 Å². The summed E-state index contributed by atoms with van der Waals surface area (Å²) in [6.45, 7) is 3.30. The van der Waals surface area contributed by atoms with Crippen molar-refractivity contribution in [2.24, 2.45) is 0 Å². The molecular formula is C20H25N3O2S. The zero-order chi connectivity index (χ0) is 18.4. The van der Waals surface area contributed by atoms with E-state index in [0.29, 0.717) is 12.6 Å². The Morgan fingerprint density at radius 1 is 1.19 bits per heavy atom. The molecular weight excluding hydrogens is 346 g/mol. The first-order valence-electron chi connectivity index (χ1n) is 9.09. The van der Waals surface area contributed by atoms with Crippen LogP contribution >= 0.6 is 11.3 Å². The third kappa shape index (κ3) is 4.71. The van der Waals surface area contributed by atoms with Crippen molar-refractivity contribution in [1.29, 1.82) is 0 Å². The third-order valence-corrected chi connectivity index (χ3v) is 5.67. The lowest BCUT2D eigenvalue weighted by Gasteiger charge is -2.22. The molecule has 2 N–H and O–H groups in total. The SMILES string of the molecule is CCc1ccccc1NC(=O)CNC(=O)CN1CCC[C@@H]1c1cccs1. The van der Waals surface area contributed by atoms with Crippen LogP contribution in [0.3, 0.4) is 0 Å². The summed E-state index contributed by atoms with van der Waals surface area (Å²) in [7, 11) is 0. The molecule has 3 rings (SSSR count). The minimum absolute atomic E-state index is 0.00556. The van der Waals surface area contributed by atoms with Gasteiger partial charge in [0.1, 0.15) is 0 Å². The summed E-state index contributed by atoms with van der Waals surface area (Å²) >= 11 is 1.74. The van der Waals surface area contributed by atoms with Gasteiger partial charge in [-0.3, -0.25) is 14.5 Å².